The van der Waals surface area contributed by atoms with Crippen molar-refractivity contribution in [1.82, 2.24) is 24.9 Å². The average Bonchev–Trinajstić information content (AvgIpc) is 3.18. The van der Waals surface area contributed by atoms with E-state index in [1.165, 1.54) is 27.8 Å². The molecule has 0 aliphatic carbocycles. The van der Waals surface area contributed by atoms with Crippen molar-refractivity contribution in [2.24, 2.45) is 13.0 Å². The highest BCUT2D eigenvalue weighted by Gasteiger charge is 2.20. The van der Waals surface area contributed by atoms with Crippen molar-refractivity contribution >= 4 is 23.5 Å². The summed E-state index contributed by atoms with van der Waals surface area (Å²) in [7, 11) is 1.61. The SMILES string of the molecule is CC(C)CNC(=O)c1c(NC(=O)c2ccn(CCC(=O)O)n2)cnn1C. The molecule has 2 aromatic heterocycles. The van der Waals surface area contributed by atoms with Gasteiger partial charge in [-0.15, -0.1) is 0 Å². The van der Waals surface area contributed by atoms with Gasteiger partial charge in [-0.3, -0.25) is 23.7 Å². The van der Waals surface area contributed by atoms with Gasteiger partial charge in [0.2, 0.25) is 0 Å². The maximum Gasteiger partial charge on any atom is 0.305 e. The molecule has 0 aromatic carbocycles. The Labute approximate surface area is 150 Å². The summed E-state index contributed by atoms with van der Waals surface area (Å²) in [5.74, 6) is -1.50. The van der Waals surface area contributed by atoms with Gasteiger partial charge in [-0.25, -0.2) is 0 Å². The summed E-state index contributed by atoms with van der Waals surface area (Å²) in [6.45, 7) is 4.63. The average molecular weight is 362 g/mol. The van der Waals surface area contributed by atoms with Crippen molar-refractivity contribution in [2.75, 3.05) is 11.9 Å². The molecule has 0 atom stereocenters. The number of nitrogens with one attached hydrogen (secondary N) is 2. The van der Waals surface area contributed by atoms with E-state index >= 15 is 0 Å². The molecular weight excluding hydrogens is 340 g/mol. The second-order valence-electron chi connectivity index (χ2n) is 6.20. The normalized spacial score (nSPS) is 10.8. The molecule has 2 rings (SSSR count). The van der Waals surface area contributed by atoms with E-state index < -0.39 is 11.9 Å². The predicted molar refractivity (Wildman–Crippen MR) is 92.8 cm³/mol. The first kappa shape index (κ1) is 19.2. The maximum absolute atomic E-state index is 12.3. The summed E-state index contributed by atoms with van der Waals surface area (Å²) in [6, 6.07) is 1.48. The lowest BCUT2D eigenvalue weighted by atomic mass is 10.2. The molecule has 10 heteroatoms. The highest BCUT2D eigenvalue weighted by atomic mass is 16.4. The third-order valence-electron chi connectivity index (χ3n) is 3.50. The third kappa shape index (κ3) is 4.91. The van der Waals surface area contributed by atoms with Crippen LogP contribution in [0.3, 0.4) is 0 Å². The molecule has 0 radical (unpaired) electrons. The zero-order valence-electron chi connectivity index (χ0n) is 14.9. The predicted octanol–water partition coefficient (Wildman–Crippen LogP) is 0.729. The van der Waals surface area contributed by atoms with E-state index in [9.17, 15) is 14.4 Å². The summed E-state index contributed by atoms with van der Waals surface area (Å²) in [4.78, 5) is 35.3. The van der Waals surface area contributed by atoms with Gasteiger partial charge in [0.1, 0.15) is 5.69 Å². The summed E-state index contributed by atoms with van der Waals surface area (Å²) in [5, 5.41) is 22.1. The van der Waals surface area contributed by atoms with Crippen molar-refractivity contribution < 1.29 is 19.5 Å². The van der Waals surface area contributed by atoms with Crippen molar-refractivity contribution in [3.8, 4) is 0 Å². The Kier molecular flexibility index (Phi) is 6.10. The molecule has 140 valence electrons. The van der Waals surface area contributed by atoms with E-state index in [1.54, 1.807) is 7.05 Å². The topological polar surface area (TPSA) is 131 Å². The van der Waals surface area contributed by atoms with Crippen LogP contribution in [0.2, 0.25) is 0 Å². The van der Waals surface area contributed by atoms with Gasteiger partial charge in [-0.2, -0.15) is 10.2 Å². The molecule has 0 saturated carbocycles. The Balaban J connectivity index is 2.07. The first-order valence-electron chi connectivity index (χ1n) is 8.14. The fraction of sp³-hybridized carbons (Fsp3) is 0.438. The first-order chi connectivity index (χ1) is 12.3. The number of aryl methyl sites for hydroxylation is 2. The van der Waals surface area contributed by atoms with Gasteiger partial charge in [0.15, 0.2) is 5.69 Å². The molecule has 0 aliphatic heterocycles. The van der Waals surface area contributed by atoms with Crippen LogP contribution in [0.1, 0.15) is 41.2 Å². The van der Waals surface area contributed by atoms with E-state index in [-0.39, 0.29) is 35.9 Å². The number of carbonyl (C=O) groups excluding carboxylic acids is 2. The van der Waals surface area contributed by atoms with Crippen LogP contribution >= 0.6 is 0 Å². The van der Waals surface area contributed by atoms with Gasteiger partial charge in [0, 0.05) is 19.8 Å². The molecular formula is C16H22N6O4. The zero-order chi connectivity index (χ0) is 19.3. The Morgan fingerprint density at radius 1 is 1.27 bits per heavy atom. The molecule has 0 aliphatic rings. The fourth-order valence-corrected chi connectivity index (χ4v) is 2.18. The Bertz CT molecular complexity index is 808. The molecule has 0 unspecified atom stereocenters. The van der Waals surface area contributed by atoms with Crippen molar-refractivity contribution in [1.29, 1.82) is 0 Å². The number of nitrogens with zero attached hydrogens (tertiary/aromatic N) is 4. The summed E-state index contributed by atoms with van der Waals surface area (Å²) in [6.07, 6.45) is 2.83. The van der Waals surface area contributed by atoms with E-state index in [0.717, 1.165) is 0 Å². The number of aliphatic carboxylic acids is 1. The molecule has 2 aromatic rings. The quantitative estimate of drug-likeness (QED) is 0.634. The molecule has 10 nitrogen and oxygen atoms in total. The van der Waals surface area contributed by atoms with Crippen molar-refractivity contribution in [3.05, 3.63) is 29.8 Å². The van der Waals surface area contributed by atoms with E-state index in [1.807, 2.05) is 13.8 Å². The lowest BCUT2D eigenvalue weighted by Crippen LogP contribution is -2.30. The van der Waals surface area contributed by atoms with Gasteiger partial charge >= 0.3 is 5.97 Å². The lowest BCUT2D eigenvalue weighted by molar-refractivity contribution is -0.137. The molecule has 3 N–H and O–H groups in total. The highest BCUT2D eigenvalue weighted by Crippen LogP contribution is 2.15. The third-order valence-corrected chi connectivity index (χ3v) is 3.50. The number of carboxylic acid groups (broad SMARTS) is 1. The number of anilines is 1. The van der Waals surface area contributed by atoms with Crippen LogP contribution in [0, 0.1) is 5.92 Å². The molecule has 0 fully saturated rings. The van der Waals surface area contributed by atoms with Gasteiger partial charge in [0.25, 0.3) is 11.8 Å². The van der Waals surface area contributed by atoms with Crippen molar-refractivity contribution in [3.63, 3.8) is 0 Å². The second-order valence-corrected chi connectivity index (χ2v) is 6.20. The molecule has 0 saturated heterocycles. The van der Waals surface area contributed by atoms with E-state index in [2.05, 4.69) is 20.8 Å². The van der Waals surface area contributed by atoms with Crippen LogP contribution in [-0.4, -0.2) is 49.0 Å². The van der Waals surface area contributed by atoms with E-state index in [4.69, 9.17) is 5.11 Å². The summed E-state index contributed by atoms with van der Waals surface area (Å²) in [5.41, 5.74) is 0.635. The Morgan fingerprint density at radius 2 is 2.00 bits per heavy atom. The number of hydrogen-bond donors (Lipinski definition) is 3. The minimum absolute atomic E-state index is 0.0918. The Morgan fingerprint density at radius 3 is 2.65 bits per heavy atom. The van der Waals surface area contributed by atoms with Crippen LogP contribution < -0.4 is 10.6 Å². The van der Waals surface area contributed by atoms with Crippen LogP contribution in [0.15, 0.2) is 18.5 Å². The second kappa shape index (κ2) is 8.28. The van der Waals surface area contributed by atoms with Gasteiger partial charge in [-0.1, -0.05) is 13.8 Å². The van der Waals surface area contributed by atoms with Crippen molar-refractivity contribution in [2.45, 2.75) is 26.8 Å². The molecule has 0 bridgehead atoms. The van der Waals surface area contributed by atoms with Gasteiger partial charge in [-0.05, 0) is 12.0 Å². The number of hydrogen-bond acceptors (Lipinski definition) is 5. The molecule has 2 heterocycles. The number of rotatable bonds is 8. The standard InChI is InChI=1S/C16H22N6O4/c1-10(2)8-17-16(26)14-12(9-18-21(14)3)19-15(25)11-4-6-22(20-11)7-5-13(23)24/h4,6,9-10H,5,7-8H2,1-3H3,(H,17,26)(H,19,25)(H,23,24). The van der Waals surface area contributed by atoms with Gasteiger partial charge in [0.05, 0.1) is 24.8 Å². The summed E-state index contributed by atoms with van der Waals surface area (Å²) >= 11 is 0. The minimum Gasteiger partial charge on any atom is -0.481 e. The number of aromatic nitrogens is 4. The van der Waals surface area contributed by atoms with Crippen LogP contribution in [-0.2, 0) is 18.4 Å². The lowest BCUT2D eigenvalue weighted by Gasteiger charge is -2.10. The molecule has 26 heavy (non-hydrogen) atoms. The fourth-order valence-electron chi connectivity index (χ4n) is 2.18. The molecule has 2 amide bonds. The first-order valence-corrected chi connectivity index (χ1v) is 8.14. The van der Waals surface area contributed by atoms with Crippen LogP contribution in [0.5, 0.6) is 0 Å². The van der Waals surface area contributed by atoms with Crippen LogP contribution in [0.25, 0.3) is 0 Å². The van der Waals surface area contributed by atoms with Crippen LogP contribution in [0.4, 0.5) is 5.69 Å². The number of amides is 2. The smallest absolute Gasteiger partial charge is 0.305 e. The van der Waals surface area contributed by atoms with E-state index in [0.29, 0.717) is 12.5 Å². The van der Waals surface area contributed by atoms with Gasteiger partial charge < -0.3 is 15.7 Å². The molecule has 0 spiro atoms. The monoisotopic (exact) mass is 362 g/mol. The zero-order valence-corrected chi connectivity index (χ0v) is 14.9. The number of carboxylic acids is 1. The minimum atomic E-state index is -0.945. The highest BCUT2D eigenvalue weighted by molar-refractivity contribution is 6.07. The Hall–Kier alpha value is -3.17. The largest absolute Gasteiger partial charge is 0.481 e. The maximum atomic E-state index is 12.3. The summed E-state index contributed by atoms with van der Waals surface area (Å²) < 4.78 is 2.76. The number of carbonyl (C=O) groups is 3.